The van der Waals surface area contributed by atoms with Crippen LogP contribution >= 0.6 is 0 Å². The molecule has 17 heavy (non-hydrogen) atoms. The Kier molecular flexibility index (Phi) is 4.14. The Morgan fingerprint density at radius 3 is 3.18 bits per heavy atom. The summed E-state index contributed by atoms with van der Waals surface area (Å²) in [6.45, 7) is 2.91. The molecule has 5 nitrogen and oxygen atoms in total. The Bertz CT molecular complexity index is 341. The fourth-order valence-corrected chi connectivity index (χ4v) is 2.15. The van der Waals surface area contributed by atoms with Crippen LogP contribution in [0.15, 0.2) is 12.4 Å². The lowest BCUT2D eigenvalue weighted by atomic mass is 10.1. The molecule has 1 saturated heterocycles. The summed E-state index contributed by atoms with van der Waals surface area (Å²) in [5, 5.41) is 13.0. The number of amides is 1. The van der Waals surface area contributed by atoms with Crippen LogP contribution in [0.3, 0.4) is 0 Å². The highest BCUT2D eigenvalue weighted by molar-refractivity contribution is 5.82. The first-order valence-electron chi connectivity index (χ1n) is 6.30. The smallest absolute Gasteiger partial charge is 0.237 e. The maximum absolute atomic E-state index is 12.1. The van der Waals surface area contributed by atoms with Gasteiger partial charge in [0.15, 0.2) is 0 Å². The molecule has 2 rings (SSSR count). The highest BCUT2D eigenvalue weighted by atomic mass is 16.2. The van der Waals surface area contributed by atoms with E-state index in [0.717, 1.165) is 24.9 Å². The van der Waals surface area contributed by atoms with Gasteiger partial charge in [-0.1, -0.05) is 12.8 Å². The summed E-state index contributed by atoms with van der Waals surface area (Å²) in [6, 6.07) is -0.0295. The monoisotopic (exact) mass is 236 g/mol. The van der Waals surface area contributed by atoms with Gasteiger partial charge in [0.05, 0.1) is 18.3 Å². The van der Waals surface area contributed by atoms with Crippen LogP contribution in [0.4, 0.5) is 0 Å². The van der Waals surface area contributed by atoms with Crippen LogP contribution in [0.2, 0.25) is 0 Å². The highest BCUT2D eigenvalue weighted by Crippen LogP contribution is 2.12. The Morgan fingerprint density at radius 1 is 1.53 bits per heavy atom. The van der Waals surface area contributed by atoms with Gasteiger partial charge in [0.2, 0.25) is 5.91 Å². The molecule has 1 aliphatic heterocycles. The van der Waals surface area contributed by atoms with Crippen molar-refractivity contribution >= 4 is 5.91 Å². The number of hydrogen-bond donors (Lipinski definition) is 3. The molecule has 1 aromatic heterocycles. The zero-order valence-corrected chi connectivity index (χ0v) is 10.2. The largest absolute Gasteiger partial charge is 0.348 e. The average molecular weight is 236 g/mol. The van der Waals surface area contributed by atoms with Gasteiger partial charge in [0, 0.05) is 11.8 Å². The van der Waals surface area contributed by atoms with Crippen molar-refractivity contribution in [2.45, 2.75) is 44.7 Å². The fourth-order valence-electron chi connectivity index (χ4n) is 2.15. The van der Waals surface area contributed by atoms with Crippen molar-refractivity contribution in [2.75, 3.05) is 6.54 Å². The van der Waals surface area contributed by atoms with Crippen LogP contribution in [0.25, 0.3) is 0 Å². The van der Waals surface area contributed by atoms with Gasteiger partial charge >= 0.3 is 0 Å². The Morgan fingerprint density at radius 2 is 2.41 bits per heavy atom. The molecular weight excluding hydrogens is 216 g/mol. The SMILES string of the molecule is CC(NC(=O)C1CCCCCN1)c1cn[nH]c1. The lowest BCUT2D eigenvalue weighted by Crippen LogP contribution is -2.44. The Hall–Kier alpha value is -1.36. The van der Waals surface area contributed by atoms with Crippen molar-refractivity contribution in [2.24, 2.45) is 0 Å². The molecular formula is C12H20N4O. The van der Waals surface area contributed by atoms with Crippen LogP contribution in [-0.2, 0) is 4.79 Å². The van der Waals surface area contributed by atoms with E-state index in [9.17, 15) is 4.79 Å². The topological polar surface area (TPSA) is 69.8 Å². The molecule has 2 unspecified atom stereocenters. The molecule has 2 heterocycles. The van der Waals surface area contributed by atoms with E-state index in [1.165, 1.54) is 12.8 Å². The first-order valence-corrected chi connectivity index (χ1v) is 6.30. The third-order valence-corrected chi connectivity index (χ3v) is 3.25. The van der Waals surface area contributed by atoms with E-state index in [1.807, 2.05) is 13.1 Å². The number of carbonyl (C=O) groups is 1. The van der Waals surface area contributed by atoms with Gasteiger partial charge in [-0.25, -0.2) is 0 Å². The van der Waals surface area contributed by atoms with E-state index in [-0.39, 0.29) is 18.0 Å². The van der Waals surface area contributed by atoms with Crippen LogP contribution in [0.5, 0.6) is 0 Å². The average Bonchev–Trinajstić information content (AvgIpc) is 2.71. The molecule has 0 aromatic carbocycles. The molecule has 0 radical (unpaired) electrons. The Balaban J connectivity index is 1.87. The van der Waals surface area contributed by atoms with E-state index in [4.69, 9.17) is 0 Å². The lowest BCUT2D eigenvalue weighted by molar-refractivity contribution is -0.123. The van der Waals surface area contributed by atoms with Gasteiger partial charge in [-0.3, -0.25) is 9.89 Å². The summed E-state index contributed by atoms with van der Waals surface area (Å²) < 4.78 is 0. The molecule has 0 aliphatic carbocycles. The number of hydrogen-bond acceptors (Lipinski definition) is 3. The van der Waals surface area contributed by atoms with Gasteiger partial charge in [-0.05, 0) is 26.3 Å². The van der Waals surface area contributed by atoms with E-state index < -0.39 is 0 Å². The zero-order valence-electron chi connectivity index (χ0n) is 10.2. The van der Waals surface area contributed by atoms with E-state index >= 15 is 0 Å². The second-order valence-electron chi connectivity index (χ2n) is 4.62. The number of nitrogens with zero attached hydrogens (tertiary/aromatic N) is 1. The maximum Gasteiger partial charge on any atom is 0.237 e. The van der Waals surface area contributed by atoms with Gasteiger partial charge < -0.3 is 10.6 Å². The number of H-pyrrole nitrogens is 1. The Labute approximate surface area is 101 Å². The number of aromatic nitrogens is 2. The minimum absolute atomic E-state index is 0.00584. The van der Waals surface area contributed by atoms with Gasteiger partial charge in [-0.15, -0.1) is 0 Å². The minimum atomic E-state index is -0.0353. The third kappa shape index (κ3) is 3.30. The molecule has 2 atom stereocenters. The van der Waals surface area contributed by atoms with Gasteiger partial charge in [-0.2, -0.15) is 5.10 Å². The summed E-state index contributed by atoms with van der Waals surface area (Å²) in [4.78, 5) is 12.1. The summed E-state index contributed by atoms with van der Waals surface area (Å²) in [6.07, 6.45) is 8.00. The minimum Gasteiger partial charge on any atom is -0.348 e. The van der Waals surface area contributed by atoms with Gasteiger partial charge in [0.25, 0.3) is 0 Å². The summed E-state index contributed by atoms with van der Waals surface area (Å²) in [7, 11) is 0. The molecule has 1 fully saturated rings. The maximum atomic E-state index is 12.1. The molecule has 1 aromatic rings. The van der Waals surface area contributed by atoms with Crippen LogP contribution in [0, 0.1) is 0 Å². The van der Waals surface area contributed by atoms with Crippen molar-refractivity contribution in [1.29, 1.82) is 0 Å². The fraction of sp³-hybridized carbons (Fsp3) is 0.667. The molecule has 5 heteroatoms. The standard InChI is InChI=1S/C12H20N4O/c1-9(10-7-14-15-8-10)16-12(17)11-5-3-2-4-6-13-11/h7-9,11,13H,2-6H2,1H3,(H,14,15)(H,16,17). The van der Waals surface area contributed by atoms with Crippen molar-refractivity contribution in [3.8, 4) is 0 Å². The van der Waals surface area contributed by atoms with Crippen LogP contribution in [-0.4, -0.2) is 28.7 Å². The van der Waals surface area contributed by atoms with Gasteiger partial charge in [0.1, 0.15) is 0 Å². The highest BCUT2D eigenvalue weighted by Gasteiger charge is 2.21. The molecule has 1 aliphatic rings. The second-order valence-corrected chi connectivity index (χ2v) is 4.62. The van der Waals surface area contributed by atoms with Crippen molar-refractivity contribution in [3.05, 3.63) is 18.0 Å². The summed E-state index contributed by atoms with van der Waals surface area (Å²) in [5.41, 5.74) is 1.01. The zero-order chi connectivity index (χ0) is 12.1. The second kappa shape index (κ2) is 5.82. The molecule has 3 N–H and O–H groups in total. The third-order valence-electron chi connectivity index (χ3n) is 3.25. The van der Waals surface area contributed by atoms with E-state index in [0.29, 0.717) is 0 Å². The number of rotatable bonds is 3. The van der Waals surface area contributed by atoms with Crippen molar-refractivity contribution in [1.82, 2.24) is 20.8 Å². The molecule has 94 valence electrons. The predicted molar refractivity (Wildman–Crippen MR) is 65.4 cm³/mol. The quantitative estimate of drug-likeness (QED) is 0.736. The molecule has 1 amide bonds. The number of carbonyl (C=O) groups excluding carboxylic acids is 1. The van der Waals surface area contributed by atoms with E-state index in [1.54, 1.807) is 6.20 Å². The molecule has 0 spiro atoms. The number of aromatic amines is 1. The lowest BCUT2D eigenvalue weighted by Gasteiger charge is -2.19. The molecule has 0 saturated carbocycles. The first kappa shape index (κ1) is 12.1. The van der Waals surface area contributed by atoms with Crippen molar-refractivity contribution in [3.63, 3.8) is 0 Å². The summed E-state index contributed by atoms with van der Waals surface area (Å²) >= 11 is 0. The predicted octanol–water partition coefficient (Wildman–Crippen LogP) is 1.12. The molecule has 0 bridgehead atoms. The summed E-state index contributed by atoms with van der Waals surface area (Å²) in [5.74, 6) is 0.0978. The normalized spacial score (nSPS) is 22.8. The first-order chi connectivity index (χ1) is 8.27. The van der Waals surface area contributed by atoms with Crippen molar-refractivity contribution < 1.29 is 4.79 Å². The van der Waals surface area contributed by atoms with Crippen LogP contribution in [0.1, 0.15) is 44.2 Å². The van der Waals surface area contributed by atoms with E-state index in [2.05, 4.69) is 20.8 Å². The number of nitrogens with one attached hydrogen (secondary N) is 3. The van der Waals surface area contributed by atoms with Crippen LogP contribution < -0.4 is 10.6 Å².